The van der Waals surface area contributed by atoms with E-state index >= 15 is 0 Å². The van der Waals surface area contributed by atoms with Gasteiger partial charge < -0.3 is 14.6 Å². The zero-order chi connectivity index (χ0) is 15.4. The third kappa shape index (κ3) is 4.31. The monoisotopic (exact) mass is 336 g/mol. The Morgan fingerprint density at radius 3 is 2.96 bits per heavy atom. The summed E-state index contributed by atoms with van der Waals surface area (Å²) in [6.45, 7) is 3.88. The maximum atomic E-state index is 12.4. The lowest BCUT2D eigenvalue weighted by Crippen LogP contribution is -2.53. The number of anilines is 1. The highest BCUT2D eigenvalue weighted by Gasteiger charge is 2.28. The summed E-state index contributed by atoms with van der Waals surface area (Å²) in [5.74, 6) is 0.432. The highest BCUT2D eigenvalue weighted by atomic mass is 35.5. The zero-order valence-corrected chi connectivity index (χ0v) is 13.8. The predicted octanol–water partition coefficient (Wildman–Crippen LogP) is 1.67. The summed E-state index contributed by atoms with van der Waals surface area (Å²) in [5.41, 5.74) is 1.16. The van der Waals surface area contributed by atoms with Crippen molar-refractivity contribution in [2.45, 2.75) is 25.6 Å². The van der Waals surface area contributed by atoms with Gasteiger partial charge in [-0.1, -0.05) is 30.3 Å². The summed E-state index contributed by atoms with van der Waals surface area (Å²) in [4.78, 5) is 16.6. The fourth-order valence-corrected chi connectivity index (χ4v) is 2.56. The van der Waals surface area contributed by atoms with E-state index in [2.05, 4.69) is 15.6 Å². The molecule has 0 bridgehead atoms. The van der Waals surface area contributed by atoms with E-state index in [1.54, 1.807) is 6.20 Å². The van der Waals surface area contributed by atoms with Gasteiger partial charge in [0.25, 0.3) is 0 Å². The summed E-state index contributed by atoms with van der Waals surface area (Å²) in [7, 11) is 0. The minimum atomic E-state index is -0.351. The molecule has 0 unspecified atom stereocenters. The Hall–Kier alpha value is -1.89. The normalized spacial score (nSPS) is 20.6. The maximum Gasteiger partial charge on any atom is 0.246 e. The molecular weight excluding hydrogens is 316 g/mol. The first kappa shape index (κ1) is 17.5. The predicted molar refractivity (Wildman–Crippen MR) is 90.9 cm³/mol. The van der Waals surface area contributed by atoms with Crippen LogP contribution in [0.1, 0.15) is 12.5 Å². The van der Waals surface area contributed by atoms with Gasteiger partial charge in [-0.2, -0.15) is 0 Å². The molecule has 1 saturated heterocycles. The van der Waals surface area contributed by atoms with Crippen LogP contribution in [0.15, 0.2) is 42.7 Å². The second-order valence-electron chi connectivity index (χ2n) is 5.36. The molecule has 2 heterocycles. The Labute approximate surface area is 141 Å². The molecular formula is C16H21ClN4O2. The van der Waals surface area contributed by atoms with Crippen LogP contribution < -0.4 is 10.6 Å². The van der Waals surface area contributed by atoms with Crippen LogP contribution in [0.4, 0.5) is 5.95 Å². The quantitative estimate of drug-likeness (QED) is 0.891. The molecule has 0 radical (unpaired) electrons. The minimum absolute atomic E-state index is 0. The topological polar surface area (TPSA) is 68.2 Å². The first-order valence-electron chi connectivity index (χ1n) is 7.45. The van der Waals surface area contributed by atoms with Crippen LogP contribution in [0.3, 0.4) is 0 Å². The maximum absolute atomic E-state index is 12.4. The first-order chi connectivity index (χ1) is 10.7. The molecule has 23 heavy (non-hydrogen) atoms. The highest BCUT2D eigenvalue weighted by molar-refractivity contribution is 5.94. The van der Waals surface area contributed by atoms with Gasteiger partial charge in [0.15, 0.2) is 0 Å². The van der Waals surface area contributed by atoms with Crippen LogP contribution in [-0.4, -0.2) is 40.8 Å². The highest BCUT2D eigenvalue weighted by Crippen LogP contribution is 2.11. The Balaban J connectivity index is 0.00000192. The number of carbonyl (C=O) groups excluding carboxylic acids is 1. The Morgan fingerprint density at radius 1 is 1.43 bits per heavy atom. The molecule has 3 rings (SSSR count). The van der Waals surface area contributed by atoms with Crippen molar-refractivity contribution in [1.29, 1.82) is 0 Å². The molecule has 6 nitrogen and oxygen atoms in total. The Kier molecular flexibility index (Phi) is 6.15. The van der Waals surface area contributed by atoms with E-state index in [-0.39, 0.29) is 30.5 Å². The smallest absolute Gasteiger partial charge is 0.246 e. The van der Waals surface area contributed by atoms with Gasteiger partial charge in [-0.05, 0) is 12.5 Å². The van der Waals surface area contributed by atoms with Crippen LogP contribution in [0.2, 0.25) is 0 Å². The van der Waals surface area contributed by atoms with Gasteiger partial charge in [0.05, 0.1) is 19.3 Å². The van der Waals surface area contributed by atoms with Crippen molar-refractivity contribution in [2.24, 2.45) is 0 Å². The molecule has 1 aliphatic rings. The standard InChI is InChI=1S/C16H20N4O2.ClH/c1-12-14(17-8-10-22-12)15(21)19-16-18-7-9-20(16)11-13-5-3-2-4-6-13;/h2-7,9,12,14,17H,8,10-11H2,1H3,(H,18,19,21);1H/t12-,14+;/m1./s1. The molecule has 2 aromatic rings. The fourth-order valence-electron chi connectivity index (χ4n) is 2.56. The third-order valence-corrected chi connectivity index (χ3v) is 3.75. The van der Waals surface area contributed by atoms with Crippen molar-refractivity contribution < 1.29 is 9.53 Å². The third-order valence-electron chi connectivity index (χ3n) is 3.75. The second-order valence-corrected chi connectivity index (χ2v) is 5.36. The average Bonchev–Trinajstić information content (AvgIpc) is 2.95. The summed E-state index contributed by atoms with van der Waals surface area (Å²) in [5, 5.41) is 6.06. The van der Waals surface area contributed by atoms with E-state index in [1.807, 2.05) is 48.0 Å². The molecule has 0 saturated carbocycles. The number of ether oxygens (including phenoxy) is 1. The molecule has 1 fully saturated rings. The average molecular weight is 337 g/mol. The van der Waals surface area contributed by atoms with Crippen molar-refractivity contribution in [3.05, 3.63) is 48.3 Å². The van der Waals surface area contributed by atoms with Crippen LogP contribution >= 0.6 is 12.4 Å². The number of benzene rings is 1. The van der Waals surface area contributed by atoms with Gasteiger partial charge in [0, 0.05) is 18.9 Å². The van der Waals surface area contributed by atoms with Crippen LogP contribution in [0.25, 0.3) is 0 Å². The number of halogens is 1. The number of hydrogen-bond donors (Lipinski definition) is 2. The lowest BCUT2D eigenvalue weighted by molar-refractivity contribution is -0.123. The number of nitrogens with one attached hydrogen (secondary N) is 2. The number of morpholine rings is 1. The Bertz CT molecular complexity index is 632. The minimum Gasteiger partial charge on any atom is -0.375 e. The molecule has 0 aliphatic carbocycles. The lowest BCUT2D eigenvalue weighted by Gasteiger charge is -2.29. The van der Waals surface area contributed by atoms with Crippen LogP contribution in [0.5, 0.6) is 0 Å². The number of aromatic nitrogens is 2. The molecule has 1 aromatic heterocycles. The van der Waals surface area contributed by atoms with Crippen molar-refractivity contribution in [3.63, 3.8) is 0 Å². The first-order valence-corrected chi connectivity index (χ1v) is 7.45. The molecule has 1 aliphatic heterocycles. The molecule has 1 amide bonds. The number of nitrogens with zero attached hydrogens (tertiary/aromatic N) is 2. The lowest BCUT2D eigenvalue weighted by atomic mass is 10.1. The van der Waals surface area contributed by atoms with Gasteiger partial charge >= 0.3 is 0 Å². The largest absolute Gasteiger partial charge is 0.375 e. The summed E-state index contributed by atoms with van der Waals surface area (Å²) in [6.07, 6.45) is 3.40. The summed E-state index contributed by atoms with van der Waals surface area (Å²) < 4.78 is 7.42. The Morgan fingerprint density at radius 2 is 2.22 bits per heavy atom. The van der Waals surface area contributed by atoms with Crippen LogP contribution in [-0.2, 0) is 16.1 Å². The second kappa shape index (κ2) is 8.10. The summed E-state index contributed by atoms with van der Waals surface area (Å²) >= 11 is 0. The number of hydrogen-bond acceptors (Lipinski definition) is 4. The van der Waals surface area contributed by atoms with Gasteiger partial charge in [0.2, 0.25) is 11.9 Å². The fraction of sp³-hybridized carbons (Fsp3) is 0.375. The number of rotatable bonds is 4. The van der Waals surface area contributed by atoms with Gasteiger partial charge in [-0.15, -0.1) is 12.4 Å². The zero-order valence-electron chi connectivity index (χ0n) is 12.9. The van der Waals surface area contributed by atoms with Gasteiger partial charge in [-0.3, -0.25) is 10.1 Å². The number of amides is 1. The summed E-state index contributed by atoms with van der Waals surface area (Å²) in [6, 6.07) is 9.71. The van der Waals surface area contributed by atoms with Gasteiger partial charge in [-0.25, -0.2) is 4.98 Å². The van der Waals surface area contributed by atoms with Crippen LogP contribution in [0, 0.1) is 0 Å². The van der Waals surface area contributed by atoms with E-state index in [0.29, 0.717) is 25.6 Å². The van der Waals surface area contributed by atoms with E-state index in [0.717, 1.165) is 5.56 Å². The molecule has 0 spiro atoms. The van der Waals surface area contributed by atoms with Crippen molar-refractivity contribution >= 4 is 24.3 Å². The molecule has 2 atom stereocenters. The van der Waals surface area contributed by atoms with E-state index in [1.165, 1.54) is 0 Å². The van der Waals surface area contributed by atoms with E-state index in [4.69, 9.17) is 4.74 Å². The van der Waals surface area contributed by atoms with Gasteiger partial charge in [0.1, 0.15) is 6.04 Å². The molecule has 1 aromatic carbocycles. The number of imidazole rings is 1. The molecule has 124 valence electrons. The van der Waals surface area contributed by atoms with Crippen molar-refractivity contribution in [1.82, 2.24) is 14.9 Å². The van der Waals surface area contributed by atoms with E-state index < -0.39 is 0 Å². The number of carbonyl (C=O) groups is 1. The molecule has 2 N–H and O–H groups in total. The van der Waals surface area contributed by atoms with Crippen molar-refractivity contribution in [3.8, 4) is 0 Å². The van der Waals surface area contributed by atoms with E-state index in [9.17, 15) is 4.79 Å². The molecule has 7 heteroatoms. The van der Waals surface area contributed by atoms with Crippen molar-refractivity contribution in [2.75, 3.05) is 18.5 Å². The SMILES string of the molecule is C[C@H]1OCCN[C@@H]1C(=O)Nc1nccn1Cc1ccccc1.Cl.